The van der Waals surface area contributed by atoms with Crippen molar-refractivity contribution < 1.29 is 14.0 Å². The fourth-order valence-electron chi connectivity index (χ4n) is 4.13. The molecule has 1 saturated carbocycles. The first-order valence-corrected chi connectivity index (χ1v) is 12.1. The fourth-order valence-corrected chi connectivity index (χ4v) is 4.95. The fraction of sp³-hybridized carbons (Fsp3) is 0.417. The summed E-state index contributed by atoms with van der Waals surface area (Å²) in [5.74, 6) is 1.30. The summed E-state index contributed by atoms with van der Waals surface area (Å²) in [6.07, 6.45) is 7.82. The molecular weight excluding hydrogens is 424 g/mol. The second-order valence-corrected chi connectivity index (χ2v) is 9.10. The minimum atomic E-state index is -0.541. The molecule has 3 aromatic rings. The number of furan rings is 1. The number of hydrogen-bond acceptors (Lipinski definition) is 6. The first kappa shape index (κ1) is 22.3. The van der Waals surface area contributed by atoms with Gasteiger partial charge in [-0.25, -0.2) is 0 Å². The Hall–Kier alpha value is -2.87. The maximum atomic E-state index is 12.7. The van der Waals surface area contributed by atoms with E-state index >= 15 is 0 Å². The smallest absolute Gasteiger partial charge is 0.231 e. The van der Waals surface area contributed by atoms with Crippen LogP contribution in [-0.4, -0.2) is 38.2 Å². The van der Waals surface area contributed by atoms with Crippen LogP contribution in [0.5, 0.6) is 0 Å². The van der Waals surface area contributed by atoms with Gasteiger partial charge in [0.05, 0.1) is 18.1 Å². The molecule has 7 nitrogen and oxygen atoms in total. The number of amides is 1. The first-order chi connectivity index (χ1) is 15.6. The number of carbonyl (C=O) groups is 2. The maximum absolute atomic E-state index is 12.7. The van der Waals surface area contributed by atoms with Crippen LogP contribution in [0.4, 0.5) is 0 Å². The highest BCUT2D eigenvalue weighted by molar-refractivity contribution is 7.99. The molecule has 0 saturated heterocycles. The zero-order chi connectivity index (χ0) is 22.3. The van der Waals surface area contributed by atoms with Gasteiger partial charge in [-0.1, -0.05) is 61.4 Å². The van der Waals surface area contributed by atoms with Crippen molar-refractivity contribution in [2.24, 2.45) is 0 Å². The van der Waals surface area contributed by atoms with Gasteiger partial charge in [-0.3, -0.25) is 14.2 Å². The summed E-state index contributed by atoms with van der Waals surface area (Å²) in [5.41, 5.74) is 1.01. The second-order valence-electron chi connectivity index (χ2n) is 8.15. The minimum absolute atomic E-state index is 0.0577. The summed E-state index contributed by atoms with van der Waals surface area (Å²) in [6, 6.07) is 13.2. The molecule has 168 valence electrons. The Morgan fingerprint density at radius 1 is 1.12 bits per heavy atom. The SMILES string of the molecule is CC(=O)C(Cc1ccccc1)NC(=O)CSc1nnc(-c2ccco2)n1C1CCCCC1. The largest absolute Gasteiger partial charge is 0.461 e. The molecule has 1 unspecified atom stereocenters. The number of thioether (sulfide) groups is 1. The number of rotatable bonds is 9. The van der Waals surface area contributed by atoms with Crippen molar-refractivity contribution in [3.05, 3.63) is 54.3 Å². The lowest BCUT2D eigenvalue weighted by Crippen LogP contribution is -2.42. The molecule has 0 bridgehead atoms. The Morgan fingerprint density at radius 3 is 2.59 bits per heavy atom. The molecule has 1 N–H and O–H groups in total. The van der Waals surface area contributed by atoms with E-state index in [1.54, 1.807) is 6.26 Å². The molecular formula is C24H28N4O3S. The van der Waals surface area contributed by atoms with Crippen molar-refractivity contribution in [2.45, 2.75) is 62.7 Å². The van der Waals surface area contributed by atoms with E-state index in [4.69, 9.17) is 4.42 Å². The Labute approximate surface area is 192 Å². The standard InChI is InChI=1S/C24H28N4O3S/c1-17(29)20(15-18-9-4-2-5-10-18)25-22(30)16-32-24-27-26-23(21-13-8-14-31-21)28(24)19-11-6-3-7-12-19/h2,4-5,8-10,13-14,19-20H,3,6-7,11-12,15-16H2,1H3,(H,25,30). The van der Waals surface area contributed by atoms with Gasteiger partial charge in [0.25, 0.3) is 0 Å². The molecule has 1 atom stereocenters. The molecule has 1 amide bonds. The monoisotopic (exact) mass is 452 g/mol. The number of aromatic nitrogens is 3. The Kier molecular flexibility index (Phi) is 7.42. The second kappa shape index (κ2) is 10.6. The third-order valence-corrected chi connectivity index (χ3v) is 6.73. The summed E-state index contributed by atoms with van der Waals surface area (Å²) >= 11 is 1.35. The summed E-state index contributed by atoms with van der Waals surface area (Å²) < 4.78 is 7.70. The van der Waals surface area contributed by atoms with Crippen LogP contribution in [0.3, 0.4) is 0 Å². The molecule has 1 aromatic carbocycles. The van der Waals surface area contributed by atoms with Crippen LogP contribution in [0.25, 0.3) is 11.6 Å². The number of nitrogens with zero attached hydrogens (tertiary/aromatic N) is 3. The molecule has 1 aliphatic carbocycles. The molecule has 0 spiro atoms. The van der Waals surface area contributed by atoms with Crippen molar-refractivity contribution in [1.29, 1.82) is 0 Å². The van der Waals surface area contributed by atoms with E-state index in [9.17, 15) is 9.59 Å². The average Bonchev–Trinajstić information content (AvgIpc) is 3.48. The van der Waals surface area contributed by atoms with E-state index in [2.05, 4.69) is 20.1 Å². The van der Waals surface area contributed by atoms with Crippen LogP contribution in [0.1, 0.15) is 50.6 Å². The third-order valence-electron chi connectivity index (χ3n) is 5.79. The molecule has 2 heterocycles. The van der Waals surface area contributed by atoms with Gasteiger partial charge < -0.3 is 9.73 Å². The normalized spacial score (nSPS) is 15.4. The minimum Gasteiger partial charge on any atom is -0.461 e. The number of nitrogens with one attached hydrogen (secondary N) is 1. The highest BCUT2D eigenvalue weighted by Gasteiger charge is 2.26. The van der Waals surface area contributed by atoms with Crippen LogP contribution in [-0.2, 0) is 16.0 Å². The van der Waals surface area contributed by atoms with E-state index in [1.165, 1.54) is 37.9 Å². The van der Waals surface area contributed by atoms with Crippen molar-refractivity contribution in [3.63, 3.8) is 0 Å². The predicted octanol–water partition coefficient (Wildman–Crippen LogP) is 4.45. The topological polar surface area (TPSA) is 90.0 Å². The Balaban J connectivity index is 1.44. The molecule has 1 fully saturated rings. The molecule has 8 heteroatoms. The van der Waals surface area contributed by atoms with Gasteiger partial charge in [0.2, 0.25) is 11.7 Å². The Morgan fingerprint density at radius 2 is 1.91 bits per heavy atom. The molecule has 32 heavy (non-hydrogen) atoms. The lowest BCUT2D eigenvalue weighted by molar-refractivity contribution is -0.125. The van der Waals surface area contributed by atoms with E-state index in [1.807, 2.05) is 42.5 Å². The van der Waals surface area contributed by atoms with Crippen LogP contribution in [0.15, 0.2) is 58.3 Å². The zero-order valence-corrected chi connectivity index (χ0v) is 19.0. The van der Waals surface area contributed by atoms with E-state index in [0.717, 1.165) is 18.4 Å². The summed E-state index contributed by atoms with van der Waals surface area (Å²) in [4.78, 5) is 24.8. The average molecular weight is 453 g/mol. The van der Waals surface area contributed by atoms with Gasteiger partial charge in [-0.2, -0.15) is 0 Å². The molecule has 4 rings (SSSR count). The van der Waals surface area contributed by atoms with Crippen molar-refractivity contribution in [1.82, 2.24) is 20.1 Å². The van der Waals surface area contributed by atoms with Crippen LogP contribution in [0.2, 0.25) is 0 Å². The highest BCUT2D eigenvalue weighted by atomic mass is 32.2. The van der Waals surface area contributed by atoms with Gasteiger partial charge in [0.1, 0.15) is 0 Å². The zero-order valence-electron chi connectivity index (χ0n) is 18.2. The summed E-state index contributed by atoms with van der Waals surface area (Å²) in [5, 5.41) is 12.3. The molecule has 1 aliphatic rings. The molecule has 0 aliphatic heterocycles. The lowest BCUT2D eigenvalue weighted by atomic mass is 9.95. The molecule has 2 aromatic heterocycles. The number of hydrogen-bond donors (Lipinski definition) is 1. The van der Waals surface area contributed by atoms with Gasteiger partial charge in [-0.15, -0.1) is 10.2 Å². The van der Waals surface area contributed by atoms with Gasteiger partial charge in [0, 0.05) is 6.04 Å². The Bertz CT molecular complexity index is 1030. The quantitative estimate of drug-likeness (QED) is 0.483. The lowest BCUT2D eigenvalue weighted by Gasteiger charge is -2.25. The number of carbonyl (C=O) groups excluding carboxylic acids is 2. The number of ketones is 1. The number of benzene rings is 1. The molecule has 0 radical (unpaired) electrons. The van der Waals surface area contributed by atoms with Crippen LogP contribution >= 0.6 is 11.8 Å². The summed E-state index contributed by atoms with van der Waals surface area (Å²) in [6.45, 7) is 1.51. The summed E-state index contributed by atoms with van der Waals surface area (Å²) in [7, 11) is 0. The first-order valence-electron chi connectivity index (χ1n) is 11.1. The third kappa shape index (κ3) is 5.48. The van der Waals surface area contributed by atoms with Gasteiger partial charge in [-0.05, 0) is 43.9 Å². The maximum Gasteiger partial charge on any atom is 0.231 e. The van der Waals surface area contributed by atoms with Gasteiger partial charge in [0.15, 0.2) is 16.7 Å². The highest BCUT2D eigenvalue weighted by Crippen LogP contribution is 2.35. The van der Waals surface area contributed by atoms with E-state index in [0.29, 0.717) is 29.2 Å². The van der Waals surface area contributed by atoms with Gasteiger partial charge >= 0.3 is 0 Å². The van der Waals surface area contributed by atoms with Crippen LogP contribution in [0, 0.1) is 0 Å². The predicted molar refractivity (Wildman–Crippen MR) is 123 cm³/mol. The van der Waals surface area contributed by atoms with E-state index in [-0.39, 0.29) is 17.4 Å². The van der Waals surface area contributed by atoms with Crippen molar-refractivity contribution in [3.8, 4) is 11.6 Å². The van der Waals surface area contributed by atoms with Crippen molar-refractivity contribution >= 4 is 23.5 Å². The number of Topliss-reactive ketones (excluding diaryl/α,β-unsaturated/α-hetero) is 1. The van der Waals surface area contributed by atoms with E-state index < -0.39 is 6.04 Å². The van der Waals surface area contributed by atoms with Crippen LogP contribution < -0.4 is 5.32 Å². The van der Waals surface area contributed by atoms with Crippen molar-refractivity contribution in [2.75, 3.05) is 5.75 Å².